The maximum Gasteiger partial charge on any atom is 0.255 e. The molecule has 3 aliphatic heterocycles. The molecule has 3 amide bonds. The number of carbonyl (C=O) groups is 3. The highest BCUT2D eigenvalue weighted by atomic mass is 16.3. The summed E-state index contributed by atoms with van der Waals surface area (Å²) < 4.78 is 0. The van der Waals surface area contributed by atoms with Crippen molar-refractivity contribution in [1.82, 2.24) is 15.1 Å². The Morgan fingerprint density at radius 2 is 1.96 bits per heavy atom. The minimum absolute atomic E-state index is 0.143. The van der Waals surface area contributed by atoms with Gasteiger partial charge in [-0.1, -0.05) is 18.2 Å². The Labute approximate surface area is 163 Å². The molecular weight excluding hydrogens is 360 g/mol. The van der Waals surface area contributed by atoms with Crippen LogP contribution in [-0.4, -0.2) is 63.9 Å². The molecule has 2 fully saturated rings. The van der Waals surface area contributed by atoms with E-state index in [1.54, 1.807) is 4.90 Å². The number of imide groups is 1. The summed E-state index contributed by atoms with van der Waals surface area (Å²) >= 11 is 0. The van der Waals surface area contributed by atoms with Crippen LogP contribution in [0.4, 0.5) is 0 Å². The van der Waals surface area contributed by atoms with Crippen molar-refractivity contribution in [2.45, 2.75) is 50.4 Å². The highest BCUT2D eigenvalue weighted by Crippen LogP contribution is 2.31. The van der Waals surface area contributed by atoms with Crippen LogP contribution in [0.1, 0.15) is 47.2 Å². The van der Waals surface area contributed by atoms with E-state index in [2.05, 4.69) is 10.2 Å². The fourth-order valence-electron chi connectivity index (χ4n) is 4.39. The van der Waals surface area contributed by atoms with Crippen LogP contribution in [0.2, 0.25) is 0 Å². The van der Waals surface area contributed by atoms with Gasteiger partial charge in [-0.15, -0.1) is 0 Å². The van der Waals surface area contributed by atoms with E-state index < -0.39 is 17.6 Å². The molecule has 0 saturated carbocycles. The number of amides is 3. The Balaban J connectivity index is 1.50. The Morgan fingerprint density at radius 1 is 1.21 bits per heavy atom. The molecule has 28 heavy (non-hydrogen) atoms. The second kappa shape index (κ2) is 7.27. The summed E-state index contributed by atoms with van der Waals surface area (Å²) in [6.07, 6.45) is 1.86. The second-order valence-corrected chi connectivity index (χ2v) is 8.06. The molecule has 0 spiro atoms. The molecule has 3 aliphatic rings. The van der Waals surface area contributed by atoms with Gasteiger partial charge in [-0.05, 0) is 30.4 Å². The zero-order valence-corrected chi connectivity index (χ0v) is 15.8. The minimum atomic E-state index is -0.784. The Bertz CT molecular complexity index is 816. The second-order valence-electron chi connectivity index (χ2n) is 8.06. The normalized spacial score (nSPS) is 25.0. The predicted molar refractivity (Wildman–Crippen MR) is 101 cm³/mol. The van der Waals surface area contributed by atoms with Crippen LogP contribution >= 0.6 is 0 Å². The number of nitrogens with two attached hydrogens (primary N) is 1. The number of nitrogens with one attached hydrogen (secondary N) is 1. The van der Waals surface area contributed by atoms with Gasteiger partial charge < -0.3 is 15.7 Å². The zero-order chi connectivity index (χ0) is 19.9. The zero-order valence-electron chi connectivity index (χ0n) is 15.8. The first-order valence-corrected chi connectivity index (χ1v) is 9.80. The lowest BCUT2D eigenvalue weighted by Crippen LogP contribution is -2.52. The van der Waals surface area contributed by atoms with Gasteiger partial charge in [0, 0.05) is 44.7 Å². The molecule has 1 aromatic carbocycles. The molecule has 8 heteroatoms. The Morgan fingerprint density at radius 3 is 2.64 bits per heavy atom. The van der Waals surface area contributed by atoms with Crippen molar-refractivity contribution in [3.63, 3.8) is 0 Å². The summed E-state index contributed by atoms with van der Waals surface area (Å²) in [6.45, 7) is 2.73. The number of hydrogen-bond acceptors (Lipinski definition) is 6. The predicted octanol–water partition coefficient (Wildman–Crippen LogP) is -0.267. The van der Waals surface area contributed by atoms with Crippen molar-refractivity contribution < 1.29 is 19.5 Å². The molecule has 3 heterocycles. The fourth-order valence-corrected chi connectivity index (χ4v) is 4.39. The number of aliphatic hydroxyl groups is 1. The van der Waals surface area contributed by atoms with Gasteiger partial charge in [0.25, 0.3) is 5.91 Å². The SMILES string of the molecule is NCC1(O)CCN(Cc2cccc3c2C(=O)N(C2CCC(=O)NC2=O)C3)CC1. The monoisotopic (exact) mass is 386 g/mol. The van der Waals surface area contributed by atoms with Crippen LogP contribution in [0, 0.1) is 0 Å². The smallest absolute Gasteiger partial charge is 0.255 e. The van der Waals surface area contributed by atoms with Crippen molar-refractivity contribution in [2.24, 2.45) is 5.73 Å². The maximum absolute atomic E-state index is 13.1. The summed E-state index contributed by atoms with van der Waals surface area (Å²) in [6, 6.07) is 5.22. The number of piperidine rings is 2. The molecule has 150 valence electrons. The summed E-state index contributed by atoms with van der Waals surface area (Å²) in [5, 5.41) is 12.6. The van der Waals surface area contributed by atoms with Gasteiger partial charge in [0.1, 0.15) is 6.04 Å². The van der Waals surface area contributed by atoms with Crippen molar-refractivity contribution in [3.05, 3.63) is 34.9 Å². The fraction of sp³-hybridized carbons (Fsp3) is 0.550. The number of fused-ring (bicyclic) bond motifs is 1. The lowest BCUT2D eigenvalue weighted by Gasteiger charge is -2.37. The molecular formula is C20H26N4O4. The molecule has 4 N–H and O–H groups in total. The molecule has 1 unspecified atom stereocenters. The average Bonchev–Trinajstić information content (AvgIpc) is 3.01. The van der Waals surface area contributed by atoms with Gasteiger partial charge in [0.05, 0.1) is 5.60 Å². The van der Waals surface area contributed by atoms with Gasteiger partial charge in [-0.25, -0.2) is 0 Å². The van der Waals surface area contributed by atoms with Crippen LogP contribution in [0.5, 0.6) is 0 Å². The molecule has 1 atom stereocenters. The molecule has 2 saturated heterocycles. The average molecular weight is 386 g/mol. The third-order valence-electron chi connectivity index (χ3n) is 6.20. The maximum atomic E-state index is 13.1. The molecule has 0 radical (unpaired) electrons. The lowest BCUT2D eigenvalue weighted by molar-refractivity contribution is -0.136. The number of carbonyl (C=O) groups excluding carboxylic acids is 3. The number of rotatable bonds is 4. The van der Waals surface area contributed by atoms with Crippen molar-refractivity contribution in [3.8, 4) is 0 Å². The number of hydrogen-bond donors (Lipinski definition) is 3. The van der Waals surface area contributed by atoms with Gasteiger partial charge >= 0.3 is 0 Å². The quantitative estimate of drug-likeness (QED) is 0.614. The molecule has 1 aromatic rings. The third kappa shape index (κ3) is 3.43. The number of benzene rings is 1. The van der Waals surface area contributed by atoms with E-state index in [4.69, 9.17) is 5.73 Å². The van der Waals surface area contributed by atoms with Crippen LogP contribution < -0.4 is 11.1 Å². The summed E-state index contributed by atoms with van der Waals surface area (Å²) in [5.74, 6) is -0.819. The van der Waals surface area contributed by atoms with Gasteiger partial charge in [0.15, 0.2) is 0 Å². The third-order valence-corrected chi connectivity index (χ3v) is 6.20. The summed E-state index contributed by atoms with van der Waals surface area (Å²) in [4.78, 5) is 40.5. The number of likely N-dealkylation sites (tertiary alicyclic amines) is 1. The standard InChI is InChI=1S/C20H26N4O4/c21-12-20(28)6-8-23(9-7-20)10-13-2-1-3-14-11-24(19(27)17(13)14)15-4-5-16(25)22-18(15)26/h1-3,15,28H,4-12,21H2,(H,22,25,26). The lowest BCUT2D eigenvalue weighted by atomic mass is 9.91. The van der Waals surface area contributed by atoms with E-state index in [0.29, 0.717) is 37.9 Å². The van der Waals surface area contributed by atoms with Crippen molar-refractivity contribution in [1.29, 1.82) is 0 Å². The molecule has 0 aliphatic carbocycles. The first-order chi connectivity index (χ1) is 13.4. The number of nitrogens with zero attached hydrogens (tertiary/aromatic N) is 2. The topological polar surface area (TPSA) is 116 Å². The first-order valence-electron chi connectivity index (χ1n) is 9.80. The van der Waals surface area contributed by atoms with E-state index in [0.717, 1.165) is 24.2 Å². The van der Waals surface area contributed by atoms with E-state index in [1.165, 1.54) is 0 Å². The molecule has 0 aromatic heterocycles. The van der Waals surface area contributed by atoms with Gasteiger partial charge in [-0.3, -0.25) is 24.6 Å². The van der Waals surface area contributed by atoms with Gasteiger partial charge in [0.2, 0.25) is 11.8 Å². The summed E-state index contributed by atoms with van der Waals surface area (Å²) in [7, 11) is 0. The van der Waals surface area contributed by atoms with Gasteiger partial charge in [-0.2, -0.15) is 0 Å². The van der Waals surface area contributed by atoms with Crippen LogP contribution in [0.3, 0.4) is 0 Å². The van der Waals surface area contributed by atoms with Crippen molar-refractivity contribution >= 4 is 17.7 Å². The van der Waals surface area contributed by atoms with E-state index >= 15 is 0 Å². The van der Waals surface area contributed by atoms with Crippen LogP contribution in [-0.2, 0) is 22.7 Å². The van der Waals surface area contributed by atoms with E-state index in [-0.39, 0.29) is 24.8 Å². The summed E-state index contributed by atoms with van der Waals surface area (Å²) in [5.41, 5.74) is 7.41. The first kappa shape index (κ1) is 19.0. The Hall–Kier alpha value is -2.29. The highest BCUT2D eigenvalue weighted by molar-refractivity contribution is 6.05. The Kier molecular flexibility index (Phi) is 4.95. The molecule has 0 bridgehead atoms. The van der Waals surface area contributed by atoms with E-state index in [1.807, 2.05) is 18.2 Å². The molecule has 4 rings (SSSR count). The van der Waals surface area contributed by atoms with E-state index in [9.17, 15) is 19.5 Å². The van der Waals surface area contributed by atoms with Crippen LogP contribution in [0.15, 0.2) is 18.2 Å². The minimum Gasteiger partial charge on any atom is -0.388 e. The van der Waals surface area contributed by atoms with Crippen molar-refractivity contribution in [2.75, 3.05) is 19.6 Å². The largest absolute Gasteiger partial charge is 0.388 e. The highest BCUT2D eigenvalue weighted by Gasteiger charge is 2.40. The molecule has 8 nitrogen and oxygen atoms in total. The van der Waals surface area contributed by atoms with Crippen LogP contribution in [0.25, 0.3) is 0 Å².